The van der Waals surface area contributed by atoms with Gasteiger partial charge in [0.15, 0.2) is 6.29 Å². The SMILES string of the molecule is CCOC(C)OC[CH]CCOCOC. The summed E-state index contributed by atoms with van der Waals surface area (Å²) in [7, 11) is 1.61. The Bertz CT molecular complexity index is 108. The van der Waals surface area contributed by atoms with E-state index in [1.165, 1.54) is 0 Å². The Morgan fingerprint density at radius 3 is 2.71 bits per heavy atom. The molecule has 0 aliphatic heterocycles. The van der Waals surface area contributed by atoms with Crippen LogP contribution in [-0.4, -0.2) is 40.0 Å². The molecule has 0 N–H and O–H groups in total. The van der Waals surface area contributed by atoms with Gasteiger partial charge in [-0.2, -0.15) is 0 Å². The summed E-state index contributed by atoms with van der Waals surface area (Å²) in [6.45, 7) is 6.13. The first kappa shape index (κ1) is 13.8. The zero-order chi connectivity index (χ0) is 10.6. The summed E-state index contributed by atoms with van der Waals surface area (Å²) >= 11 is 0. The topological polar surface area (TPSA) is 36.9 Å². The van der Waals surface area contributed by atoms with Crippen LogP contribution >= 0.6 is 0 Å². The monoisotopic (exact) mass is 205 g/mol. The van der Waals surface area contributed by atoms with Gasteiger partial charge in [-0.05, 0) is 26.7 Å². The molecular weight excluding hydrogens is 184 g/mol. The molecule has 0 aliphatic carbocycles. The molecule has 4 nitrogen and oxygen atoms in total. The molecule has 0 aromatic carbocycles. The van der Waals surface area contributed by atoms with Gasteiger partial charge in [0.1, 0.15) is 6.79 Å². The van der Waals surface area contributed by atoms with E-state index in [1.54, 1.807) is 7.11 Å². The Labute approximate surface area is 86.5 Å². The molecule has 0 aromatic rings. The molecule has 0 aromatic heterocycles. The van der Waals surface area contributed by atoms with Crippen LogP contribution in [0.4, 0.5) is 0 Å². The van der Waals surface area contributed by atoms with Gasteiger partial charge in [-0.25, -0.2) is 0 Å². The van der Waals surface area contributed by atoms with Crippen molar-refractivity contribution in [2.24, 2.45) is 0 Å². The van der Waals surface area contributed by atoms with Crippen molar-refractivity contribution in [3.63, 3.8) is 0 Å². The second-order valence-corrected chi connectivity index (χ2v) is 2.75. The third kappa shape index (κ3) is 9.92. The summed E-state index contributed by atoms with van der Waals surface area (Å²) in [5.74, 6) is 0. The number of hydrogen-bond donors (Lipinski definition) is 0. The Morgan fingerprint density at radius 2 is 2.07 bits per heavy atom. The van der Waals surface area contributed by atoms with E-state index in [1.807, 2.05) is 20.3 Å². The average molecular weight is 205 g/mol. The minimum Gasteiger partial charge on any atom is -0.359 e. The summed E-state index contributed by atoms with van der Waals surface area (Å²) in [4.78, 5) is 0. The third-order valence-electron chi connectivity index (χ3n) is 1.52. The molecule has 1 radical (unpaired) electrons. The fourth-order valence-electron chi connectivity index (χ4n) is 0.879. The predicted molar refractivity (Wildman–Crippen MR) is 53.8 cm³/mol. The van der Waals surface area contributed by atoms with E-state index in [-0.39, 0.29) is 6.29 Å². The predicted octanol–water partition coefficient (Wildman–Crippen LogP) is 1.60. The molecule has 14 heavy (non-hydrogen) atoms. The van der Waals surface area contributed by atoms with E-state index in [4.69, 9.17) is 18.9 Å². The zero-order valence-corrected chi connectivity index (χ0v) is 9.32. The largest absolute Gasteiger partial charge is 0.359 e. The molecule has 0 amide bonds. The molecule has 1 unspecified atom stereocenters. The standard InChI is InChI=1S/C10H21O4/c1-4-13-10(2)14-8-6-5-7-12-9-11-3/h6,10H,4-5,7-9H2,1-3H3. The highest BCUT2D eigenvalue weighted by atomic mass is 16.7. The van der Waals surface area contributed by atoms with Gasteiger partial charge in [0, 0.05) is 20.3 Å². The van der Waals surface area contributed by atoms with Crippen molar-refractivity contribution in [2.75, 3.05) is 33.7 Å². The van der Waals surface area contributed by atoms with Crippen LogP contribution in [0.1, 0.15) is 20.3 Å². The van der Waals surface area contributed by atoms with Crippen molar-refractivity contribution in [1.82, 2.24) is 0 Å². The maximum atomic E-state index is 5.32. The van der Waals surface area contributed by atoms with E-state index in [0.29, 0.717) is 26.6 Å². The van der Waals surface area contributed by atoms with Gasteiger partial charge in [-0.15, -0.1) is 0 Å². The first-order valence-corrected chi connectivity index (χ1v) is 4.92. The molecule has 4 heteroatoms. The van der Waals surface area contributed by atoms with Crippen LogP contribution in [0.2, 0.25) is 0 Å². The van der Waals surface area contributed by atoms with Crippen molar-refractivity contribution >= 4 is 0 Å². The average Bonchev–Trinajstić information content (AvgIpc) is 2.17. The number of unbranched alkanes of at least 4 members (excludes halogenated alkanes) is 1. The maximum absolute atomic E-state index is 5.32. The van der Waals surface area contributed by atoms with Crippen LogP contribution in [0.3, 0.4) is 0 Å². The normalized spacial score (nSPS) is 13.1. The highest BCUT2D eigenvalue weighted by Gasteiger charge is 1.99. The Morgan fingerprint density at radius 1 is 1.29 bits per heavy atom. The highest BCUT2D eigenvalue weighted by molar-refractivity contribution is 4.62. The minimum absolute atomic E-state index is 0.129. The third-order valence-corrected chi connectivity index (χ3v) is 1.52. The fraction of sp³-hybridized carbons (Fsp3) is 0.900. The van der Waals surface area contributed by atoms with E-state index in [0.717, 1.165) is 6.42 Å². The number of ether oxygens (including phenoxy) is 4. The maximum Gasteiger partial charge on any atom is 0.154 e. The lowest BCUT2D eigenvalue weighted by Gasteiger charge is -2.12. The second-order valence-electron chi connectivity index (χ2n) is 2.75. The summed E-state index contributed by atoms with van der Waals surface area (Å²) < 4.78 is 20.3. The van der Waals surface area contributed by atoms with Crippen LogP contribution in [0.25, 0.3) is 0 Å². The van der Waals surface area contributed by atoms with Crippen LogP contribution in [0, 0.1) is 6.42 Å². The molecule has 0 saturated carbocycles. The van der Waals surface area contributed by atoms with Crippen molar-refractivity contribution in [1.29, 1.82) is 0 Å². The van der Waals surface area contributed by atoms with Crippen LogP contribution in [0.5, 0.6) is 0 Å². The van der Waals surface area contributed by atoms with E-state index in [9.17, 15) is 0 Å². The Balaban J connectivity index is 2.98. The van der Waals surface area contributed by atoms with Crippen molar-refractivity contribution in [3.8, 4) is 0 Å². The quantitative estimate of drug-likeness (QED) is 0.401. The van der Waals surface area contributed by atoms with Crippen LogP contribution in [0.15, 0.2) is 0 Å². The lowest BCUT2D eigenvalue weighted by Crippen LogP contribution is -2.14. The molecule has 1 atom stereocenters. The number of methoxy groups -OCH3 is 1. The molecule has 0 bridgehead atoms. The van der Waals surface area contributed by atoms with E-state index >= 15 is 0 Å². The minimum atomic E-state index is -0.129. The summed E-state index contributed by atoms with van der Waals surface area (Å²) in [6, 6.07) is 0. The van der Waals surface area contributed by atoms with Gasteiger partial charge in [-0.3, -0.25) is 0 Å². The molecule has 0 heterocycles. The van der Waals surface area contributed by atoms with Crippen LogP contribution in [-0.2, 0) is 18.9 Å². The summed E-state index contributed by atoms with van der Waals surface area (Å²) in [5, 5.41) is 0. The van der Waals surface area contributed by atoms with E-state index in [2.05, 4.69) is 0 Å². The molecule has 0 rings (SSSR count). The lowest BCUT2D eigenvalue weighted by atomic mass is 10.3. The first-order chi connectivity index (χ1) is 6.81. The summed E-state index contributed by atoms with van der Waals surface area (Å²) in [5.41, 5.74) is 0. The highest BCUT2D eigenvalue weighted by Crippen LogP contribution is 1.96. The van der Waals surface area contributed by atoms with Gasteiger partial charge in [0.2, 0.25) is 0 Å². The Hall–Kier alpha value is -0.160. The lowest BCUT2D eigenvalue weighted by molar-refractivity contribution is -0.122. The first-order valence-electron chi connectivity index (χ1n) is 4.92. The van der Waals surface area contributed by atoms with Gasteiger partial charge in [0.25, 0.3) is 0 Å². The van der Waals surface area contributed by atoms with Gasteiger partial charge >= 0.3 is 0 Å². The van der Waals surface area contributed by atoms with Gasteiger partial charge < -0.3 is 18.9 Å². The Kier molecular flexibility index (Phi) is 10.8. The zero-order valence-electron chi connectivity index (χ0n) is 9.32. The smallest absolute Gasteiger partial charge is 0.154 e. The van der Waals surface area contributed by atoms with Gasteiger partial charge in [0.05, 0.1) is 6.61 Å². The van der Waals surface area contributed by atoms with Gasteiger partial charge in [-0.1, -0.05) is 0 Å². The van der Waals surface area contributed by atoms with E-state index < -0.39 is 0 Å². The van der Waals surface area contributed by atoms with Crippen molar-refractivity contribution in [2.45, 2.75) is 26.6 Å². The second kappa shape index (κ2) is 10.9. The summed E-state index contributed by atoms with van der Waals surface area (Å²) in [6.07, 6.45) is 2.75. The number of hydrogen-bond acceptors (Lipinski definition) is 4. The fourth-order valence-corrected chi connectivity index (χ4v) is 0.879. The molecule has 0 saturated heterocycles. The number of rotatable bonds is 10. The molecular formula is C10H21O4. The molecule has 85 valence electrons. The molecule has 0 fully saturated rings. The van der Waals surface area contributed by atoms with Crippen LogP contribution < -0.4 is 0 Å². The van der Waals surface area contributed by atoms with Crippen molar-refractivity contribution in [3.05, 3.63) is 6.42 Å². The molecule has 0 aliphatic rings. The molecule has 0 spiro atoms. The van der Waals surface area contributed by atoms with Crippen molar-refractivity contribution < 1.29 is 18.9 Å².